The second-order valence-electron chi connectivity index (χ2n) is 8.70. The van der Waals surface area contributed by atoms with Gasteiger partial charge in [-0.15, -0.1) is 0 Å². The number of aromatic hydroxyl groups is 1. The molecule has 2 aromatic carbocycles. The fourth-order valence-corrected chi connectivity index (χ4v) is 4.27. The molecule has 11 heteroatoms. The highest BCUT2D eigenvalue weighted by Crippen LogP contribution is 2.33. The Balaban J connectivity index is 1.50. The summed E-state index contributed by atoms with van der Waals surface area (Å²) in [6, 6.07) is 12.1. The van der Waals surface area contributed by atoms with Crippen molar-refractivity contribution in [2.75, 3.05) is 42.7 Å². The Morgan fingerprint density at radius 2 is 1.81 bits per heavy atom. The first-order chi connectivity index (χ1) is 17.2. The highest BCUT2D eigenvalue weighted by Gasteiger charge is 2.22. The van der Waals surface area contributed by atoms with Gasteiger partial charge in [0.25, 0.3) is 5.78 Å². The Hall–Kier alpha value is -3.89. The number of Topliss-reactive ketones (excluding diaryl/α,β-unsaturated/α-hetero) is 1. The fraction of sp³-hybridized carbons (Fsp3) is 0.280. The van der Waals surface area contributed by atoms with Gasteiger partial charge in [0.05, 0.1) is 23.1 Å². The van der Waals surface area contributed by atoms with Gasteiger partial charge >= 0.3 is 5.97 Å². The van der Waals surface area contributed by atoms with Crippen molar-refractivity contribution in [2.45, 2.75) is 18.9 Å². The normalized spacial score (nSPS) is 14.1. The average Bonchev–Trinajstić information content (AvgIpc) is 2.87. The summed E-state index contributed by atoms with van der Waals surface area (Å²) in [5, 5.41) is 25.8. The number of aliphatic carboxylic acids is 1. The molecule has 0 bridgehead atoms. The van der Waals surface area contributed by atoms with Crippen LogP contribution in [0, 0.1) is 0 Å². The molecule has 1 aliphatic rings. The van der Waals surface area contributed by atoms with Gasteiger partial charge in [-0.05, 0) is 51.2 Å². The van der Waals surface area contributed by atoms with Gasteiger partial charge in [-0.1, -0.05) is 23.7 Å². The number of carbonyl (C=O) groups is 2. The smallest absolute Gasteiger partial charge is 0.377 e. The lowest BCUT2D eigenvalue weighted by molar-refractivity contribution is -0.131. The summed E-state index contributed by atoms with van der Waals surface area (Å²) in [5.74, 6) is -2.26. The summed E-state index contributed by atoms with van der Waals surface area (Å²) in [5.41, 5.74) is 1.56. The van der Waals surface area contributed by atoms with Crippen LogP contribution < -0.4 is 15.5 Å². The molecule has 0 aliphatic carbocycles. The topological polar surface area (TPSA) is 131 Å². The molecule has 0 spiro atoms. The number of phenols is 1. The van der Waals surface area contributed by atoms with Gasteiger partial charge in [-0.2, -0.15) is 4.98 Å². The van der Waals surface area contributed by atoms with E-state index in [9.17, 15) is 14.7 Å². The standard InChI is InChI=1S/C25H27ClN6O4/c1-31(2)15-9-11-32(12-10-15)16-7-8-20(21(33)13-16)29-25-27-14-18(26)23(30-25)28-19-6-4-3-5-17(19)22(34)24(35)36/h3-8,13-15,33H,9-12H2,1-2H3,(H,35,36)(H2,27,28,29,30). The lowest BCUT2D eigenvalue weighted by Gasteiger charge is -2.36. The minimum absolute atomic E-state index is 0.0305. The molecule has 10 nitrogen and oxygen atoms in total. The van der Waals surface area contributed by atoms with Crippen molar-refractivity contribution in [1.29, 1.82) is 0 Å². The highest BCUT2D eigenvalue weighted by molar-refractivity contribution is 6.41. The third kappa shape index (κ3) is 5.67. The molecule has 3 aromatic rings. The number of piperidine rings is 1. The van der Waals surface area contributed by atoms with Crippen LogP contribution in [0.15, 0.2) is 48.7 Å². The van der Waals surface area contributed by atoms with E-state index in [1.54, 1.807) is 30.3 Å². The summed E-state index contributed by atoms with van der Waals surface area (Å²) in [6.45, 7) is 1.83. The maximum atomic E-state index is 12.0. The van der Waals surface area contributed by atoms with Crippen molar-refractivity contribution in [3.63, 3.8) is 0 Å². The Morgan fingerprint density at radius 1 is 1.08 bits per heavy atom. The number of hydrogen-bond acceptors (Lipinski definition) is 9. The van der Waals surface area contributed by atoms with Crippen LogP contribution in [-0.2, 0) is 4.79 Å². The number of carboxylic acids is 1. The lowest BCUT2D eigenvalue weighted by Crippen LogP contribution is -2.41. The second kappa shape index (κ2) is 10.8. The third-order valence-corrected chi connectivity index (χ3v) is 6.43. The van der Waals surface area contributed by atoms with Crippen LogP contribution in [0.2, 0.25) is 5.02 Å². The molecule has 0 atom stereocenters. The van der Waals surface area contributed by atoms with Crippen molar-refractivity contribution < 1.29 is 19.8 Å². The number of aromatic nitrogens is 2. The molecule has 0 radical (unpaired) electrons. The molecule has 4 rings (SSSR count). The lowest BCUT2D eigenvalue weighted by atomic mass is 10.0. The maximum absolute atomic E-state index is 12.0. The van der Waals surface area contributed by atoms with Gasteiger partial charge in [0.2, 0.25) is 5.95 Å². The molecule has 1 saturated heterocycles. The molecule has 188 valence electrons. The summed E-state index contributed by atoms with van der Waals surface area (Å²) < 4.78 is 0. The minimum atomic E-state index is -1.57. The molecule has 0 amide bonds. The molecule has 0 unspecified atom stereocenters. The number of nitrogens with zero attached hydrogens (tertiary/aromatic N) is 4. The van der Waals surface area contributed by atoms with E-state index >= 15 is 0 Å². The van der Waals surface area contributed by atoms with E-state index in [-0.39, 0.29) is 33.8 Å². The van der Waals surface area contributed by atoms with Crippen molar-refractivity contribution in [3.05, 3.63) is 59.2 Å². The zero-order chi connectivity index (χ0) is 25.8. The Bertz CT molecular complexity index is 1280. The summed E-state index contributed by atoms with van der Waals surface area (Å²) >= 11 is 6.24. The number of nitrogens with one attached hydrogen (secondary N) is 2. The Morgan fingerprint density at radius 3 is 2.47 bits per heavy atom. The van der Waals surface area contributed by atoms with Crippen molar-refractivity contribution in [1.82, 2.24) is 14.9 Å². The minimum Gasteiger partial charge on any atom is -0.506 e. The Kier molecular flexibility index (Phi) is 7.56. The van der Waals surface area contributed by atoms with Gasteiger partial charge in [0, 0.05) is 30.9 Å². The molecule has 36 heavy (non-hydrogen) atoms. The van der Waals surface area contributed by atoms with Crippen molar-refractivity contribution >= 4 is 52.2 Å². The number of halogens is 1. The zero-order valence-electron chi connectivity index (χ0n) is 19.9. The summed E-state index contributed by atoms with van der Waals surface area (Å²) in [7, 11) is 4.20. The van der Waals surface area contributed by atoms with E-state index in [4.69, 9.17) is 16.7 Å². The SMILES string of the molecule is CN(C)C1CCN(c2ccc(Nc3ncc(Cl)c(Nc4ccccc4C(=O)C(=O)O)n3)c(O)c2)CC1. The first-order valence-corrected chi connectivity index (χ1v) is 11.8. The van der Waals surface area contributed by atoms with Crippen LogP contribution in [0.5, 0.6) is 5.75 Å². The zero-order valence-corrected chi connectivity index (χ0v) is 20.7. The van der Waals surface area contributed by atoms with Crippen LogP contribution in [0.25, 0.3) is 0 Å². The largest absolute Gasteiger partial charge is 0.506 e. The van der Waals surface area contributed by atoms with E-state index in [1.165, 1.54) is 12.3 Å². The van der Waals surface area contributed by atoms with E-state index < -0.39 is 11.8 Å². The van der Waals surface area contributed by atoms with Gasteiger partial charge in [-0.3, -0.25) is 4.79 Å². The van der Waals surface area contributed by atoms with Gasteiger partial charge < -0.3 is 30.6 Å². The molecule has 1 fully saturated rings. The summed E-state index contributed by atoms with van der Waals surface area (Å²) in [4.78, 5) is 36.2. The monoisotopic (exact) mass is 510 g/mol. The van der Waals surface area contributed by atoms with E-state index in [2.05, 4.69) is 44.5 Å². The first kappa shape index (κ1) is 25.2. The number of benzene rings is 2. The number of carbonyl (C=O) groups excluding carboxylic acids is 1. The molecule has 0 saturated carbocycles. The molecular formula is C25H27ClN6O4. The molecule has 4 N–H and O–H groups in total. The van der Waals surface area contributed by atoms with Gasteiger partial charge in [-0.25, -0.2) is 9.78 Å². The predicted octanol–water partition coefficient (Wildman–Crippen LogP) is 4.12. The van der Waals surface area contributed by atoms with Gasteiger partial charge in [0.1, 0.15) is 10.8 Å². The number of anilines is 5. The number of para-hydroxylation sites is 1. The molecule has 1 aliphatic heterocycles. The maximum Gasteiger partial charge on any atom is 0.377 e. The number of carboxylic acid groups (broad SMARTS) is 1. The van der Waals surface area contributed by atoms with Crippen LogP contribution in [0.1, 0.15) is 23.2 Å². The second-order valence-corrected chi connectivity index (χ2v) is 9.11. The van der Waals surface area contributed by atoms with E-state index in [0.29, 0.717) is 11.7 Å². The third-order valence-electron chi connectivity index (χ3n) is 6.15. The van der Waals surface area contributed by atoms with Gasteiger partial charge in [0.15, 0.2) is 5.82 Å². The van der Waals surface area contributed by atoms with Crippen molar-refractivity contribution in [2.24, 2.45) is 0 Å². The summed E-state index contributed by atoms with van der Waals surface area (Å²) in [6.07, 6.45) is 3.48. The van der Waals surface area contributed by atoms with Crippen molar-refractivity contribution in [3.8, 4) is 5.75 Å². The number of rotatable bonds is 8. The van der Waals surface area contributed by atoms with Crippen LogP contribution in [0.3, 0.4) is 0 Å². The molecular weight excluding hydrogens is 484 g/mol. The average molecular weight is 511 g/mol. The first-order valence-electron chi connectivity index (χ1n) is 11.4. The van der Waals surface area contributed by atoms with Crippen LogP contribution >= 0.6 is 11.6 Å². The number of phenolic OH excluding ortho intramolecular Hbond substituents is 1. The Labute approximate surface area is 213 Å². The van der Waals surface area contributed by atoms with E-state index in [0.717, 1.165) is 31.6 Å². The quantitative estimate of drug-likeness (QED) is 0.199. The predicted molar refractivity (Wildman–Crippen MR) is 139 cm³/mol. The highest BCUT2D eigenvalue weighted by atomic mass is 35.5. The van der Waals surface area contributed by atoms with Crippen LogP contribution in [0.4, 0.5) is 28.8 Å². The van der Waals surface area contributed by atoms with Crippen LogP contribution in [-0.4, -0.2) is 70.1 Å². The molecule has 2 heterocycles. The molecule has 1 aromatic heterocycles. The fourth-order valence-electron chi connectivity index (χ4n) is 4.13. The number of hydrogen-bond donors (Lipinski definition) is 4. The number of ketones is 1. The van der Waals surface area contributed by atoms with E-state index in [1.807, 2.05) is 6.07 Å².